The van der Waals surface area contributed by atoms with Gasteiger partial charge in [0.1, 0.15) is 23.1 Å². The van der Waals surface area contributed by atoms with Crippen molar-refractivity contribution in [3.63, 3.8) is 0 Å². The number of benzene rings is 1. The number of hydrogen-bond acceptors (Lipinski definition) is 8. The van der Waals surface area contributed by atoms with Gasteiger partial charge in [0.05, 0.1) is 11.3 Å². The first kappa shape index (κ1) is 30.8. The molecule has 1 aliphatic carbocycles. The molecule has 0 bridgehead atoms. The van der Waals surface area contributed by atoms with Gasteiger partial charge in [0.2, 0.25) is 5.88 Å². The Morgan fingerprint density at radius 3 is 2.48 bits per heavy atom. The largest absolute Gasteiger partial charge is 0.483 e. The highest BCUT2D eigenvalue weighted by atomic mass is 32.2. The van der Waals surface area contributed by atoms with Gasteiger partial charge in [-0.1, -0.05) is 18.2 Å². The Labute approximate surface area is 230 Å². The second-order valence-corrected chi connectivity index (χ2v) is 11.0. The molecule has 0 saturated heterocycles. The average molecular weight is 582 g/mol. The average Bonchev–Trinajstić information content (AvgIpc) is 2.89. The summed E-state index contributed by atoms with van der Waals surface area (Å²) in [5.41, 5.74) is 0.284. The van der Waals surface area contributed by atoms with Crippen molar-refractivity contribution in [3.05, 3.63) is 71.8 Å². The van der Waals surface area contributed by atoms with E-state index < -0.39 is 21.8 Å². The smallest absolute Gasteiger partial charge is 0.416 e. The molecule has 1 aliphatic rings. The molecule has 1 saturated carbocycles. The van der Waals surface area contributed by atoms with E-state index in [1.807, 2.05) is 19.0 Å². The summed E-state index contributed by atoms with van der Waals surface area (Å²) in [6.45, 7) is 1.33. The monoisotopic (exact) mass is 581 g/mol. The predicted molar refractivity (Wildman–Crippen MR) is 140 cm³/mol. The van der Waals surface area contributed by atoms with Crippen molar-refractivity contribution >= 4 is 22.3 Å². The van der Waals surface area contributed by atoms with Gasteiger partial charge in [-0.3, -0.25) is 9.52 Å². The molecule has 1 fully saturated rings. The van der Waals surface area contributed by atoms with Gasteiger partial charge in [0.25, 0.3) is 16.5 Å². The first-order valence-corrected chi connectivity index (χ1v) is 13.7. The summed E-state index contributed by atoms with van der Waals surface area (Å²) in [5, 5.41) is 6.89. The van der Waals surface area contributed by atoms with Crippen LogP contribution in [0.5, 0.6) is 5.88 Å². The summed E-state index contributed by atoms with van der Waals surface area (Å²) < 4.78 is 73.8. The molecule has 0 spiro atoms. The minimum atomic E-state index is -4.38. The van der Waals surface area contributed by atoms with Crippen LogP contribution in [-0.4, -0.2) is 66.1 Å². The van der Waals surface area contributed by atoms with Crippen LogP contribution in [0.25, 0.3) is 0 Å². The van der Waals surface area contributed by atoms with E-state index in [2.05, 4.69) is 19.7 Å². The molecule has 0 aliphatic heterocycles. The van der Waals surface area contributed by atoms with Gasteiger partial charge in [-0.15, -0.1) is 0 Å². The van der Waals surface area contributed by atoms with Crippen molar-refractivity contribution in [1.82, 2.24) is 19.9 Å². The number of nitrogens with one attached hydrogen (secondary N) is 1. The maximum Gasteiger partial charge on any atom is 0.416 e. The topological polar surface area (TPSA) is 135 Å². The predicted octanol–water partition coefficient (Wildman–Crippen LogP) is 4.35. The number of alkyl halides is 3. The van der Waals surface area contributed by atoms with Gasteiger partial charge in [-0.05, 0) is 70.0 Å². The molecule has 216 valence electrons. The molecule has 3 atom stereocenters. The molecule has 40 heavy (non-hydrogen) atoms. The van der Waals surface area contributed by atoms with E-state index in [1.165, 1.54) is 42.9 Å². The third-order valence-electron chi connectivity index (χ3n) is 6.50. The number of sulfonamides is 1. The van der Waals surface area contributed by atoms with Gasteiger partial charge in [0.15, 0.2) is 0 Å². The van der Waals surface area contributed by atoms with Crippen LogP contribution >= 0.6 is 0 Å². The van der Waals surface area contributed by atoms with E-state index >= 15 is 0 Å². The van der Waals surface area contributed by atoms with Crippen molar-refractivity contribution in [2.75, 3.05) is 18.8 Å². The number of carbonyl (C=O) groups is 1. The summed E-state index contributed by atoms with van der Waals surface area (Å²) >= 11 is 0. The van der Waals surface area contributed by atoms with Gasteiger partial charge in [-0.25, -0.2) is 23.4 Å². The summed E-state index contributed by atoms with van der Waals surface area (Å²) in [4.78, 5) is 22.4. The Morgan fingerprint density at radius 1 is 1.15 bits per heavy atom. The zero-order valence-electron chi connectivity index (χ0n) is 22.0. The zero-order valence-corrected chi connectivity index (χ0v) is 22.9. The van der Waals surface area contributed by atoms with E-state index in [1.54, 1.807) is 13.0 Å². The van der Waals surface area contributed by atoms with Crippen molar-refractivity contribution in [2.24, 2.45) is 0 Å². The van der Waals surface area contributed by atoms with E-state index in [4.69, 9.17) is 14.6 Å². The number of aryl methyl sites for hydroxylation is 1. The fourth-order valence-electron chi connectivity index (χ4n) is 4.65. The van der Waals surface area contributed by atoms with Crippen molar-refractivity contribution in [1.29, 1.82) is 0 Å². The highest BCUT2D eigenvalue weighted by Gasteiger charge is 2.36. The molecule has 0 unspecified atom stereocenters. The molecule has 3 aromatic rings. The molecular weight excluding hydrogens is 551 g/mol. The summed E-state index contributed by atoms with van der Waals surface area (Å²) in [6.07, 6.45) is -0.0910. The van der Waals surface area contributed by atoms with Gasteiger partial charge >= 0.3 is 6.18 Å². The Kier molecular flexibility index (Phi) is 10.0. The van der Waals surface area contributed by atoms with E-state index in [0.29, 0.717) is 24.8 Å². The molecule has 2 aromatic heterocycles. The molecule has 1 aromatic carbocycles. The molecule has 4 rings (SSSR count). The minimum Gasteiger partial charge on any atom is -0.483 e. The number of rotatable bonds is 7. The Hall–Kier alpha value is -3.78. The zero-order chi connectivity index (χ0) is 29.5. The lowest BCUT2D eigenvalue weighted by molar-refractivity contribution is -0.137. The number of carboxylic acid groups (broad SMARTS) is 1. The van der Waals surface area contributed by atoms with Gasteiger partial charge < -0.3 is 14.7 Å². The van der Waals surface area contributed by atoms with Crippen molar-refractivity contribution in [3.8, 4) is 5.88 Å². The Bertz CT molecular complexity index is 1390. The number of hydrogen-bond donors (Lipinski definition) is 2. The Balaban J connectivity index is 0.00000141. The van der Waals surface area contributed by atoms with Crippen molar-refractivity contribution in [2.45, 2.75) is 55.3 Å². The minimum absolute atomic E-state index is 0.00382. The molecular formula is C26H30F3N5O5S. The molecule has 14 heteroatoms. The maximum atomic E-state index is 13.2. The second-order valence-electron chi connectivity index (χ2n) is 9.36. The van der Waals surface area contributed by atoms with E-state index in [-0.39, 0.29) is 46.8 Å². The number of nitrogens with zero attached hydrogens (tertiary/aromatic N) is 4. The van der Waals surface area contributed by atoms with Crippen LogP contribution in [-0.2, 0) is 21.0 Å². The van der Waals surface area contributed by atoms with Crippen molar-refractivity contribution < 1.29 is 36.2 Å². The standard InChI is InChI=1S/C25H28F3N5O3S.CH2O2/c1-16-22(37(34,35)32-23-11-12-29-15-30-23)9-10-24(31-16)36-21-8-7-18(14-20(21)33(2)3)17-5-4-6-19(13-17)25(26,27)28;2-1-3/h4-6,9-13,15,18,20-21H,7-8,14H2,1-3H3,(H,29,30,32);1H,(H,2,3)/t18-,20-,21-;/m0./s1. The third-order valence-corrected chi connectivity index (χ3v) is 7.99. The van der Waals surface area contributed by atoms with Crippen LogP contribution in [0.15, 0.2) is 59.9 Å². The van der Waals surface area contributed by atoms with E-state index in [0.717, 1.165) is 6.07 Å². The van der Waals surface area contributed by atoms with Crippen LogP contribution in [0, 0.1) is 6.92 Å². The fraction of sp³-hybridized carbons (Fsp3) is 0.385. The molecule has 0 amide bonds. The first-order valence-electron chi connectivity index (χ1n) is 12.2. The molecule has 2 heterocycles. The lowest BCUT2D eigenvalue weighted by Crippen LogP contribution is -2.46. The molecule has 10 nitrogen and oxygen atoms in total. The van der Waals surface area contributed by atoms with E-state index in [9.17, 15) is 21.6 Å². The SMILES string of the molecule is Cc1nc(O[C@H]2CC[C@H](c3cccc(C(F)(F)F)c3)C[C@@H]2N(C)C)ccc1S(=O)(=O)Nc1ccncn1.O=CO. The maximum absolute atomic E-state index is 13.2. The summed E-state index contributed by atoms with van der Waals surface area (Å²) in [5.74, 6) is 0.388. The normalized spacial score (nSPS) is 19.3. The van der Waals surface area contributed by atoms with Crippen LogP contribution < -0.4 is 9.46 Å². The second kappa shape index (κ2) is 13.0. The number of aromatic nitrogens is 3. The van der Waals surface area contributed by atoms with Gasteiger partial charge in [0, 0.05) is 18.3 Å². The van der Waals surface area contributed by atoms with Crippen LogP contribution in [0.4, 0.5) is 19.0 Å². The van der Waals surface area contributed by atoms with Gasteiger partial charge in [-0.2, -0.15) is 13.2 Å². The third kappa shape index (κ3) is 7.88. The first-order chi connectivity index (χ1) is 18.9. The highest BCUT2D eigenvalue weighted by Crippen LogP contribution is 2.38. The summed E-state index contributed by atoms with van der Waals surface area (Å²) in [6, 6.07) is 9.82. The fourth-order valence-corrected chi connectivity index (χ4v) is 5.83. The molecule has 0 radical (unpaired) electrons. The number of halogens is 3. The highest BCUT2D eigenvalue weighted by molar-refractivity contribution is 7.92. The quantitative estimate of drug-likeness (QED) is 0.391. The Morgan fingerprint density at radius 2 is 1.88 bits per heavy atom. The van der Waals surface area contributed by atoms with Crippen LogP contribution in [0.3, 0.4) is 0 Å². The summed E-state index contributed by atoms with van der Waals surface area (Å²) in [7, 11) is -0.106. The lowest BCUT2D eigenvalue weighted by atomic mass is 9.79. The number of ether oxygens (including phenoxy) is 1. The van der Waals surface area contributed by atoms with Crippen LogP contribution in [0.2, 0.25) is 0 Å². The lowest BCUT2D eigenvalue weighted by Gasteiger charge is -2.39. The number of pyridine rings is 1. The number of anilines is 1. The molecule has 2 N–H and O–H groups in total. The number of likely N-dealkylation sites (N-methyl/N-ethyl adjacent to an activating group) is 1. The van der Waals surface area contributed by atoms with Crippen LogP contribution in [0.1, 0.15) is 42.0 Å².